The van der Waals surface area contributed by atoms with Crippen LogP contribution in [-0.2, 0) is 9.47 Å². The van der Waals surface area contributed by atoms with Crippen LogP contribution in [0, 0.1) is 16.7 Å². The first-order chi connectivity index (χ1) is 9.97. The highest BCUT2D eigenvalue weighted by molar-refractivity contribution is 5.14. The smallest absolute Gasteiger partial charge is 0.0591 e. The molecule has 0 aliphatic heterocycles. The van der Waals surface area contributed by atoms with Gasteiger partial charge in [0.1, 0.15) is 0 Å². The Bertz CT molecular complexity index is 352. The lowest BCUT2D eigenvalue weighted by molar-refractivity contribution is -0.118. The van der Waals surface area contributed by atoms with E-state index in [0.717, 1.165) is 38.7 Å². The van der Waals surface area contributed by atoms with E-state index in [2.05, 4.69) is 19.2 Å². The van der Waals surface area contributed by atoms with Gasteiger partial charge in [0.15, 0.2) is 0 Å². The number of nitrogens with one attached hydrogen (secondary N) is 1. The topological polar surface area (TPSA) is 30.5 Å². The summed E-state index contributed by atoms with van der Waals surface area (Å²) in [6.07, 6.45) is 9.57. The Labute approximate surface area is 130 Å². The van der Waals surface area contributed by atoms with Gasteiger partial charge in [0.05, 0.1) is 6.61 Å². The van der Waals surface area contributed by atoms with Crippen molar-refractivity contribution in [3.8, 4) is 0 Å². The van der Waals surface area contributed by atoms with Gasteiger partial charge in [-0.15, -0.1) is 0 Å². The number of ether oxygens (including phenoxy) is 2. The van der Waals surface area contributed by atoms with Gasteiger partial charge >= 0.3 is 0 Å². The molecule has 2 atom stereocenters. The summed E-state index contributed by atoms with van der Waals surface area (Å²) in [5, 5.41) is 3.91. The zero-order chi connectivity index (χ0) is 15.0. The molecule has 1 N–H and O–H groups in total. The Morgan fingerprint density at radius 3 is 2.29 bits per heavy atom. The van der Waals surface area contributed by atoms with E-state index in [1.165, 1.54) is 38.5 Å². The third-order valence-electron chi connectivity index (χ3n) is 6.01. The first-order valence-electron chi connectivity index (χ1n) is 8.78. The van der Waals surface area contributed by atoms with Crippen molar-refractivity contribution < 1.29 is 9.47 Å². The van der Waals surface area contributed by atoms with Crippen LogP contribution in [0.25, 0.3) is 0 Å². The summed E-state index contributed by atoms with van der Waals surface area (Å²) in [6, 6.07) is 0. The summed E-state index contributed by atoms with van der Waals surface area (Å²) >= 11 is 0. The summed E-state index contributed by atoms with van der Waals surface area (Å²) in [5.41, 5.74) is 1.61. The molecule has 0 heterocycles. The number of hydrogen-bond donors (Lipinski definition) is 1. The Morgan fingerprint density at radius 2 is 1.67 bits per heavy atom. The highest BCUT2D eigenvalue weighted by Crippen LogP contribution is 2.66. The summed E-state index contributed by atoms with van der Waals surface area (Å²) in [4.78, 5) is 0. The molecule has 0 aromatic rings. The molecule has 122 valence electrons. The molecule has 0 aromatic carbocycles. The van der Waals surface area contributed by atoms with Crippen LogP contribution < -0.4 is 5.32 Å². The fourth-order valence-corrected chi connectivity index (χ4v) is 6.44. The molecule has 4 aliphatic carbocycles. The molecule has 4 fully saturated rings. The standard InChI is InChI=1S/C18H33NO2/c1-16-9-15-10-17(2,12-16)14-18(11-15,13-16)19-5-8-21-7-4-6-20-3/h15,19H,4-14H2,1-3H3. The van der Waals surface area contributed by atoms with Crippen molar-refractivity contribution in [3.05, 3.63) is 0 Å². The van der Waals surface area contributed by atoms with Crippen LogP contribution in [0.15, 0.2) is 0 Å². The monoisotopic (exact) mass is 295 g/mol. The maximum Gasteiger partial charge on any atom is 0.0591 e. The van der Waals surface area contributed by atoms with Crippen molar-refractivity contribution in [1.29, 1.82) is 0 Å². The van der Waals surface area contributed by atoms with Crippen LogP contribution in [0.3, 0.4) is 0 Å². The molecule has 0 amide bonds. The van der Waals surface area contributed by atoms with E-state index in [0.29, 0.717) is 16.4 Å². The zero-order valence-corrected chi connectivity index (χ0v) is 14.2. The average molecular weight is 295 g/mol. The number of methoxy groups -OCH3 is 1. The second-order valence-corrected chi connectivity index (χ2v) is 8.80. The molecule has 4 rings (SSSR count). The van der Waals surface area contributed by atoms with E-state index < -0.39 is 0 Å². The van der Waals surface area contributed by atoms with Crippen LogP contribution in [0.1, 0.15) is 58.8 Å². The van der Waals surface area contributed by atoms with Gasteiger partial charge in [0.2, 0.25) is 0 Å². The molecule has 3 heteroatoms. The maximum absolute atomic E-state index is 5.71. The fraction of sp³-hybridized carbons (Fsp3) is 1.00. The minimum atomic E-state index is 0.415. The molecular formula is C18H33NO2. The first-order valence-corrected chi connectivity index (χ1v) is 8.78. The molecule has 2 unspecified atom stereocenters. The van der Waals surface area contributed by atoms with Crippen molar-refractivity contribution in [2.75, 3.05) is 33.5 Å². The van der Waals surface area contributed by atoms with Gasteiger partial charge in [0, 0.05) is 32.4 Å². The SMILES string of the molecule is COCCCOCCNC12CC3CC(C)(CC(C)(C3)C1)C2. The van der Waals surface area contributed by atoms with Crippen LogP contribution in [0.4, 0.5) is 0 Å². The highest BCUT2D eigenvalue weighted by atomic mass is 16.5. The molecule has 0 saturated heterocycles. The molecule has 4 aliphatic rings. The minimum absolute atomic E-state index is 0.415. The van der Waals surface area contributed by atoms with Gasteiger partial charge in [-0.25, -0.2) is 0 Å². The molecule has 3 nitrogen and oxygen atoms in total. The Hall–Kier alpha value is -0.120. The number of rotatable bonds is 8. The molecule has 21 heavy (non-hydrogen) atoms. The predicted octanol–water partition coefficient (Wildman–Crippen LogP) is 3.38. The minimum Gasteiger partial charge on any atom is -0.385 e. The fourth-order valence-electron chi connectivity index (χ4n) is 6.44. The largest absolute Gasteiger partial charge is 0.385 e. The van der Waals surface area contributed by atoms with Gasteiger partial charge < -0.3 is 14.8 Å². The summed E-state index contributed by atoms with van der Waals surface area (Å²) in [6.45, 7) is 8.53. The summed E-state index contributed by atoms with van der Waals surface area (Å²) in [7, 11) is 1.75. The molecule has 4 bridgehead atoms. The van der Waals surface area contributed by atoms with Gasteiger partial charge in [-0.3, -0.25) is 0 Å². The Kier molecular flexibility index (Phi) is 4.37. The van der Waals surface area contributed by atoms with E-state index >= 15 is 0 Å². The van der Waals surface area contributed by atoms with Gasteiger partial charge in [0.25, 0.3) is 0 Å². The summed E-state index contributed by atoms with van der Waals surface area (Å²) < 4.78 is 10.7. The van der Waals surface area contributed by atoms with Crippen molar-refractivity contribution in [1.82, 2.24) is 5.32 Å². The third-order valence-corrected chi connectivity index (χ3v) is 6.01. The van der Waals surface area contributed by atoms with Gasteiger partial charge in [-0.1, -0.05) is 13.8 Å². The lowest BCUT2D eigenvalue weighted by atomic mass is 9.43. The lowest BCUT2D eigenvalue weighted by Crippen LogP contribution is -2.64. The molecule has 0 spiro atoms. The maximum atomic E-state index is 5.71. The van der Waals surface area contributed by atoms with Crippen molar-refractivity contribution in [3.63, 3.8) is 0 Å². The highest BCUT2D eigenvalue weighted by Gasteiger charge is 2.59. The Morgan fingerprint density at radius 1 is 0.952 bits per heavy atom. The van der Waals surface area contributed by atoms with E-state index in [1.807, 2.05) is 0 Å². The second-order valence-electron chi connectivity index (χ2n) is 8.80. The van der Waals surface area contributed by atoms with Crippen molar-refractivity contribution in [2.24, 2.45) is 16.7 Å². The normalized spacial score (nSPS) is 44.4. The van der Waals surface area contributed by atoms with E-state index in [1.54, 1.807) is 7.11 Å². The quantitative estimate of drug-likeness (QED) is 0.696. The molecule has 0 radical (unpaired) electrons. The first kappa shape index (κ1) is 15.8. The molecular weight excluding hydrogens is 262 g/mol. The average Bonchev–Trinajstić information content (AvgIpc) is 2.33. The van der Waals surface area contributed by atoms with E-state index in [9.17, 15) is 0 Å². The Balaban J connectivity index is 1.47. The van der Waals surface area contributed by atoms with Crippen LogP contribution in [-0.4, -0.2) is 39.0 Å². The van der Waals surface area contributed by atoms with Gasteiger partial charge in [-0.2, -0.15) is 0 Å². The predicted molar refractivity (Wildman–Crippen MR) is 85.5 cm³/mol. The number of hydrogen-bond acceptors (Lipinski definition) is 3. The summed E-state index contributed by atoms with van der Waals surface area (Å²) in [5.74, 6) is 0.964. The van der Waals surface area contributed by atoms with Crippen LogP contribution >= 0.6 is 0 Å². The second kappa shape index (κ2) is 5.82. The van der Waals surface area contributed by atoms with Crippen LogP contribution in [0.5, 0.6) is 0 Å². The molecule has 4 saturated carbocycles. The van der Waals surface area contributed by atoms with Crippen molar-refractivity contribution in [2.45, 2.75) is 64.3 Å². The van der Waals surface area contributed by atoms with E-state index in [-0.39, 0.29) is 0 Å². The molecule has 0 aromatic heterocycles. The lowest BCUT2D eigenvalue weighted by Gasteiger charge is -2.65. The van der Waals surface area contributed by atoms with Crippen molar-refractivity contribution >= 4 is 0 Å². The van der Waals surface area contributed by atoms with E-state index in [4.69, 9.17) is 9.47 Å². The van der Waals surface area contributed by atoms with Gasteiger partial charge in [-0.05, 0) is 61.7 Å². The zero-order valence-electron chi connectivity index (χ0n) is 14.2. The third kappa shape index (κ3) is 3.46. The van der Waals surface area contributed by atoms with Crippen LogP contribution in [0.2, 0.25) is 0 Å².